The lowest BCUT2D eigenvalue weighted by Gasteiger charge is -2.05. The van der Waals surface area contributed by atoms with Crippen molar-refractivity contribution in [2.45, 2.75) is 0 Å². The number of carbonyl (C=O) groups excluding carboxylic acids is 1. The molecule has 0 saturated heterocycles. The van der Waals surface area contributed by atoms with E-state index in [2.05, 4.69) is 12.4 Å². The summed E-state index contributed by atoms with van der Waals surface area (Å²) in [4.78, 5) is 12.2. The highest BCUT2D eigenvalue weighted by atomic mass is 16.1. The van der Waals surface area contributed by atoms with Crippen molar-refractivity contribution >= 4 is 5.91 Å². The van der Waals surface area contributed by atoms with Gasteiger partial charge in [0, 0.05) is 7.05 Å². The summed E-state index contributed by atoms with van der Waals surface area (Å²) in [6, 6.07) is 0. The van der Waals surface area contributed by atoms with Gasteiger partial charge in [0.1, 0.15) is 0 Å². The molecule has 0 rings (SSSR count). The Labute approximate surface area is 49.7 Å². The van der Waals surface area contributed by atoms with Gasteiger partial charge < -0.3 is 10.2 Å². The molecule has 0 atom stereocenters. The van der Waals surface area contributed by atoms with Crippen LogP contribution in [0.25, 0.3) is 0 Å². The summed E-state index contributed by atoms with van der Waals surface area (Å²) in [5, 5.41) is 2.27. The molecule has 1 radical (unpaired) electrons. The zero-order chi connectivity index (χ0) is 6.57. The van der Waals surface area contributed by atoms with E-state index in [1.807, 2.05) is 14.1 Å². The van der Waals surface area contributed by atoms with Crippen LogP contribution in [0, 0.1) is 7.05 Å². The lowest BCUT2D eigenvalue weighted by Crippen LogP contribution is -2.29. The van der Waals surface area contributed by atoms with Gasteiger partial charge in [0.05, 0.1) is 6.54 Å². The van der Waals surface area contributed by atoms with Crippen molar-refractivity contribution in [1.82, 2.24) is 10.2 Å². The van der Waals surface area contributed by atoms with E-state index < -0.39 is 0 Å². The second kappa shape index (κ2) is 3.43. The van der Waals surface area contributed by atoms with Gasteiger partial charge in [-0.3, -0.25) is 4.79 Å². The van der Waals surface area contributed by atoms with Gasteiger partial charge in [-0.05, 0) is 14.1 Å². The molecule has 1 N–H and O–H groups in total. The molecule has 8 heavy (non-hydrogen) atoms. The fourth-order valence-corrected chi connectivity index (χ4v) is 0.343. The molecule has 0 aromatic carbocycles. The van der Waals surface area contributed by atoms with E-state index >= 15 is 0 Å². The largest absolute Gasteiger partial charge is 0.353 e. The average molecular weight is 115 g/mol. The van der Waals surface area contributed by atoms with Gasteiger partial charge in [-0.1, -0.05) is 0 Å². The second-order valence-corrected chi connectivity index (χ2v) is 1.84. The Morgan fingerprint density at radius 1 is 1.75 bits per heavy atom. The summed E-state index contributed by atoms with van der Waals surface area (Å²) < 4.78 is 0. The van der Waals surface area contributed by atoms with Crippen LogP contribution in [0.1, 0.15) is 0 Å². The van der Waals surface area contributed by atoms with Gasteiger partial charge >= 0.3 is 0 Å². The minimum absolute atomic E-state index is 0.0602. The molecule has 3 nitrogen and oxygen atoms in total. The Bertz CT molecular complexity index is 80.5. The zero-order valence-corrected chi connectivity index (χ0v) is 5.27. The highest BCUT2D eigenvalue weighted by Crippen LogP contribution is 1.70. The van der Waals surface area contributed by atoms with E-state index in [0.717, 1.165) is 0 Å². The van der Waals surface area contributed by atoms with Gasteiger partial charge in [-0.25, -0.2) is 0 Å². The smallest absolute Gasteiger partial charge is 0.234 e. The molecule has 0 aromatic rings. The van der Waals surface area contributed by atoms with E-state index in [1.54, 1.807) is 4.90 Å². The molecule has 0 bridgehead atoms. The molecule has 0 unspecified atom stereocenters. The first-order chi connectivity index (χ1) is 3.66. The molecule has 47 valence electrons. The number of hydrogen-bond donors (Lipinski definition) is 1. The summed E-state index contributed by atoms with van der Waals surface area (Å²) in [5.41, 5.74) is 0. The van der Waals surface area contributed by atoms with Crippen LogP contribution in [0.5, 0.6) is 0 Å². The first-order valence-electron chi connectivity index (χ1n) is 2.37. The Hall–Kier alpha value is -0.570. The number of nitrogens with zero attached hydrogens (tertiary/aromatic N) is 1. The Balaban J connectivity index is 3.25. The fraction of sp³-hybridized carbons (Fsp3) is 0.600. The first kappa shape index (κ1) is 7.43. The van der Waals surface area contributed by atoms with E-state index in [1.165, 1.54) is 0 Å². The van der Waals surface area contributed by atoms with Crippen molar-refractivity contribution in [1.29, 1.82) is 0 Å². The van der Waals surface area contributed by atoms with Gasteiger partial charge in [-0.2, -0.15) is 0 Å². The van der Waals surface area contributed by atoms with Crippen LogP contribution in [0.3, 0.4) is 0 Å². The molecule has 0 aliphatic rings. The highest BCUT2D eigenvalue weighted by Gasteiger charge is 1.96. The fourth-order valence-electron chi connectivity index (χ4n) is 0.343. The van der Waals surface area contributed by atoms with Crippen LogP contribution < -0.4 is 5.32 Å². The Morgan fingerprint density at radius 3 is 2.38 bits per heavy atom. The molecular formula is C5H11N2O. The normalized spacial score (nSPS) is 9.50. The predicted molar refractivity (Wildman–Crippen MR) is 32.1 cm³/mol. The number of likely N-dealkylation sites (N-methyl/N-ethyl adjacent to an activating group) is 1. The van der Waals surface area contributed by atoms with Crippen LogP contribution >= 0.6 is 0 Å². The molecule has 0 spiro atoms. The van der Waals surface area contributed by atoms with Crippen molar-refractivity contribution in [2.24, 2.45) is 0 Å². The van der Waals surface area contributed by atoms with Gasteiger partial charge in [0.2, 0.25) is 5.91 Å². The van der Waals surface area contributed by atoms with Crippen LogP contribution in [-0.2, 0) is 4.79 Å². The summed E-state index contributed by atoms with van der Waals surface area (Å²) in [5.74, 6) is -0.0602. The maximum absolute atomic E-state index is 10.4. The third kappa shape index (κ3) is 3.61. The van der Waals surface area contributed by atoms with Crippen LogP contribution in [-0.4, -0.2) is 31.4 Å². The minimum atomic E-state index is -0.0602. The van der Waals surface area contributed by atoms with E-state index in [0.29, 0.717) is 6.54 Å². The zero-order valence-electron chi connectivity index (χ0n) is 5.27. The van der Waals surface area contributed by atoms with Crippen molar-refractivity contribution in [3.63, 3.8) is 0 Å². The molecule has 0 saturated carbocycles. The monoisotopic (exact) mass is 115 g/mol. The number of nitrogens with one attached hydrogen (secondary N) is 1. The lowest BCUT2D eigenvalue weighted by atomic mass is 10.5. The third-order valence-electron chi connectivity index (χ3n) is 0.657. The minimum Gasteiger partial charge on any atom is -0.353 e. The Kier molecular flexibility index (Phi) is 3.19. The van der Waals surface area contributed by atoms with E-state index in [-0.39, 0.29) is 5.91 Å². The maximum Gasteiger partial charge on any atom is 0.234 e. The highest BCUT2D eigenvalue weighted by molar-refractivity contribution is 5.77. The number of amides is 1. The quantitative estimate of drug-likeness (QED) is 0.524. The lowest BCUT2D eigenvalue weighted by molar-refractivity contribution is -0.120. The molecule has 0 aliphatic heterocycles. The van der Waals surface area contributed by atoms with Gasteiger partial charge in [0.25, 0.3) is 0 Å². The van der Waals surface area contributed by atoms with Crippen molar-refractivity contribution in [2.75, 3.05) is 20.6 Å². The Morgan fingerprint density at radius 2 is 2.25 bits per heavy atom. The molecule has 1 amide bonds. The maximum atomic E-state index is 10.4. The number of rotatable bonds is 2. The van der Waals surface area contributed by atoms with Crippen LogP contribution in [0.2, 0.25) is 0 Å². The average Bonchev–Trinajstić information content (AvgIpc) is 1.65. The number of hydrogen-bond acceptors (Lipinski definition) is 2. The summed E-state index contributed by atoms with van der Waals surface area (Å²) in [6.45, 7) is 0.406. The molecular weight excluding hydrogens is 104 g/mol. The topological polar surface area (TPSA) is 32.3 Å². The molecule has 0 aliphatic carbocycles. The predicted octanol–water partition coefficient (Wildman–Crippen LogP) is -0.544. The first-order valence-corrected chi connectivity index (χ1v) is 2.37. The third-order valence-corrected chi connectivity index (χ3v) is 0.657. The SMILES string of the molecule is [CH2]NC(=O)CN(C)C. The van der Waals surface area contributed by atoms with Crippen LogP contribution in [0.15, 0.2) is 0 Å². The van der Waals surface area contributed by atoms with Gasteiger partial charge in [0.15, 0.2) is 0 Å². The van der Waals surface area contributed by atoms with Gasteiger partial charge in [-0.15, -0.1) is 0 Å². The standard InChI is InChI=1S/C5H11N2O/c1-6-5(8)4-7(2)3/h1,4H2,2-3H3,(H,6,8). The van der Waals surface area contributed by atoms with Crippen molar-refractivity contribution in [3.8, 4) is 0 Å². The summed E-state index contributed by atoms with van der Waals surface area (Å²) in [7, 11) is 6.87. The summed E-state index contributed by atoms with van der Waals surface area (Å²) in [6.07, 6.45) is 0. The summed E-state index contributed by atoms with van der Waals surface area (Å²) >= 11 is 0. The molecule has 0 fully saturated rings. The van der Waals surface area contributed by atoms with Crippen LogP contribution in [0.4, 0.5) is 0 Å². The molecule has 0 heterocycles. The molecule has 3 heteroatoms. The second-order valence-electron chi connectivity index (χ2n) is 1.84. The molecule has 0 aromatic heterocycles. The van der Waals surface area contributed by atoms with E-state index in [9.17, 15) is 4.79 Å². The van der Waals surface area contributed by atoms with Crippen molar-refractivity contribution < 1.29 is 4.79 Å². The van der Waals surface area contributed by atoms with Crippen molar-refractivity contribution in [3.05, 3.63) is 7.05 Å². The van der Waals surface area contributed by atoms with E-state index in [4.69, 9.17) is 0 Å². The number of carbonyl (C=O) groups is 1.